The van der Waals surface area contributed by atoms with Crippen molar-refractivity contribution in [1.82, 2.24) is 10.2 Å². The van der Waals surface area contributed by atoms with E-state index in [1.807, 2.05) is 0 Å². The Labute approximate surface area is 92.0 Å². The second-order valence-electron chi connectivity index (χ2n) is 4.02. The van der Waals surface area contributed by atoms with Crippen LogP contribution in [0.3, 0.4) is 0 Å². The van der Waals surface area contributed by atoms with Gasteiger partial charge in [-0.15, -0.1) is 0 Å². The van der Waals surface area contributed by atoms with Crippen LogP contribution in [0.4, 0.5) is 0 Å². The molecule has 0 aliphatic carbocycles. The number of amides is 1. The summed E-state index contributed by atoms with van der Waals surface area (Å²) < 4.78 is 5.34. The van der Waals surface area contributed by atoms with Gasteiger partial charge < -0.3 is 15.0 Å². The molecule has 15 heavy (non-hydrogen) atoms. The van der Waals surface area contributed by atoms with Gasteiger partial charge in [0.25, 0.3) is 0 Å². The summed E-state index contributed by atoms with van der Waals surface area (Å²) in [6.07, 6.45) is 3.12. The van der Waals surface area contributed by atoms with Crippen LogP contribution < -0.4 is 5.32 Å². The van der Waals surface area contributed by atoms with E-state index >= 15 is 0 Å². The first-order chi connectivity index (χ1) is 7.36. The van der Waals surface area contributed by atoms with Gasteiger partial charge in [0, 0.05) is 32.8 Å². The van der Waals surface area contributed by atoms with Gasteiger partial charge in [0.15, 0.2) is 0 Å². The Hall–Kier alpha value is -0.610. The lowest BCUT2D eigenvalue weighted by Crippen LogP contribution is -2.36. The minimum absolute atomic E-state index is 0.751. The van der Waals surface area contributed by atoms with Crippen molar-refractivity contribution in [2.75, 3.05) is 39.4 Å². The maximum absolute atomic E-state index is 10.1. The van der Waals surface area contributed by atoms with E-state index in [1.165, 1.54) is 12.8 Å². The molecule has 0 radical (unpaired) electrons. The third-order valence-electron chi connectivity index (χ3n) is 2.96. The third kappa shape index (κ3) is 5.14. The monoisotopic (exact) mass is 214 g/mol. The van der Waals surface area contributed by atoms with E-state index in [9.17, 15) is 4.79 Å². The average Bonchev–Trinajstić information content (AvgIpc) is 2.29. The molecule has 1 saturated heterocycles. The van der Waals surface area contributed by atoms with E-state index in [0.717, 1.165) is 51.7 Å². The predicted molar refractivity (Wildman–Crippen MR) is 59.7 cm³/mol. The van der Waals surface area contributed by atoms with E-state index in [4.69, 9.17) is 4.74 Å². The SMILES string of the molecule is CCN(CCNC=O)CC1CCOCC1. The fourth-order valence-corrected chi connectivity index (χ4v) is 1.95. The van der Waals surface area contributed by atoms with Crippen LogP contribution in [-0.4, -0.2) is 50.7 Å². The van der Waals surface area contributed by atoms with Crippen molar-refractivity contribution in [3.05, 3.63) is 0 Å². The first kappa shape index (κ1) is 12.5. The summed E-state index contributed by atoms with van der Waals surface area (Å²) in [5.74, 6) is 0.773. The number of likely N-dealkylation sites (N-methyl/N-ethyl adjacent to an activating group) is 1. The zero-order chi connectivity index (χ0) is 10.9. The third-order valence-corrected chi connectivity index (χ3v) is 2.96. The van der Waals surface area contributed by atoms with Crippen molar-refractivity contribution in [3.8, 4) is 0 Å². The Morgan fingerprint density at radius 2 is 2.20 bits per heavy atom. The van der Waals surface area contributed by atoms with Crippen LogP contribution >= 0.6 is 0 Å². The Balaban J connectivity index is 2.16. The maximum Gasteiger partial charge on any atom is 0.207 e. The summed E-state index contributed by atoms with van der Waals surface area (Å²) in [7, 11) is 0. The molecule has 1 fully saturated rings. The highest BCUT2D eigenvalue weighted by molar-refractivity contribution is 5.45. The largest absolute Gasteiger partial charge is 0.381 e. The molecular weight excluding hydrogens is 192 g/mol. The lowest BCUT2D eigenvalue weighted by atomic mass is 10.00. The lowest BCUT2D eigenvalue weighted by molar-refractivity contribution is -0.109. The molecule has 1 aliphatic heterocycles. The highest BCUT2D eigenvalue weighted by Crippen LogP contribution is 2.15. The molecule has 1 amide bonds. The van der Waals surface area contributed by atoms with Crippen molar-refractivity contribution in [1.29, 1.82) is 0 Å². The molecule has 0 saturated carbocycles. The van der Waals surface area contributed by atoms with Crippen molar-refractivity contribution in [3.63, 3.8) is 0 Å². The van der Waals surface area contributed by atoms with Gasteiger partial charge in [-0.2, -0.15) is 0 Å². The Kier molecular flexibility index (Phi) is 6.36. The number of nitrogens with zero attached hydrogens (tertiary/aromatic N) is 1. The number of ether oxygens (including phenoxy) is 1. The molecule has 0 atom stereocenters. The highest BCUT2D eigenvalue weighted by Gasteiger charge is 2.16. The molecule has 1 N–H and O–H groups in total. The molecule has 1 heterocycles. The van der Waals surface area contributed by atoms with Gasteiger partial charge in [0.05, 0.1) is 0 Å². The van der Waals surface area contributed by atoms with E-state index in [2.05, 4.69) is 17.1 Å². The minimum atomic E-state index is 0.751. The van der Waals surface area contributed by atoms with Crippen molar-refractivity contribution in [2.24, 2.45) is 5.92 Å². The van der Waals surface area contributed by atoms with E-state index in [-0.39, 0.29) is 0 Å². The normalized spacial score (nSPS) is 18.0. The second-order valence-corrected chi connectivity index (χ2v) is 4.02. The first-order valence-electron chi connectivity index (χ1n) is 5.84. The van der Waals surface area contributed by atoms with Crippen molar-refractivity contribution < 1.29 is 9.53 Å². The summed E-state index contributed by atoms with van der Waals surface area (Å²) >= 11 is 0. The first-order valence-corrected chi connectivity index (χ1v) is 5.84. The predicted octanol–water partition coefficient (Wildman–Crippen LogP) is 0.481. The number of nitrogens with one attached hydrogen (secondary N) is 1. The zero-order valence-electron chi connectivity index (χ0n) is 9.58. The number of hydrogen-bond acceptors (Lipinski definition) is 3. The van der Waals surface area contributed by atoms with E-state index in [1.54, 1.807) is 0 Å². The van der Waals surface area contributed by atoms with Crippen molar-refractivity contribution >= 4 is 6.41 Å². The van der Waals surface area contributed by atoms with Gasteiger partial charge in [-0.3, -0.25) is 4.79 Å². The quantitative estimate of drug-likeness (QED) is 0.495. The van der Waals surface area contributed by atoms with Crippen LogP contribution in [0.2, 0.25) is 0 Å². The maximum atomic E-state index is 10.1. The topological polar surface area (TPSA) is 41.6 Å². The van der Waals surface area contributed by atoms with Crippen LogP contribution in [0.1, 0.15) is 19.8 Å². The Bertz CT molecular complexity index is 170. The minimum Gasteiger partial charge on any atom is -0.381 e. The van der Waals surface area contributed by atoms with Crippen LogP contribution in [0.25, 0.3) is 0 Å². The zero-order valence-corrected chi connectivity index (χ0v) is 9.58. The van der Waals surface area contributed by atoms with Crippen molar-refractivity contribution in [2.45, 2.75) is 19.8 Å². The van der Waals surface area contributed by atoms with Crippen LogP contribution in [0.5, 0.6) is 0 Å². The van der Waals surface area contributed by atoms with Crippen LogP contribution in [0.15, 0.2) is 0 Å². The smallest absolute Gasteiger partial charge is 0.207 e. The van der Waals surface area contributed by atoms with Gasteiger partial charge in [-0.1, -0.05) is 6.92 Å². The fourth-order valence-electron chi connectivity index (χ4n) is 1.95. The Morgan fingerprint density at radius 1 is 1.47 bits per heavy atom. The van der Waals surface area contributed by atoms with Gasteiger partial charge >= 0.3 is 0 Å². The molecule has 0 aromatic rings. The molecule has 4 nitrogen and oxygen atoms in total. The molecule has 1 aliphatic rings. The average molecular weight is 214 g/mol. The molecule has 0 aromatic heterocycles. The summed E-state index contributed by atoms with van der Waals surface area (Å²) in [5, 5.41) is 2.70. The Morgan fingerprint density at radius 3 is 2.80 bits per heavy atom. The molecule has 0 spiro atoms. The van der Waals surface area contributed by atoms with Crippen LogP contribution in [-0.2, 0) is 9.53 Å². The standard InChI is InChI=1S/C11H22N2O2/c1-2-13(6-5-12-10-14)9-11-3-7-15-8-4-11/h10-11H,2-9H2,1H3,(H,12,14). The number of carbonyl (C=O) groups is 1. The molecule has 4 heteroatoms. The molecule has 0 bridgehead atoms. The van der Waals surface area contributed by atoms with Gasteiger partial charge in [-0.25, -0.2) is 0 Å². The number of rotatable bonds is 7. The van der Waals surface area contributed by atoms with Gasteiger partial charge in [-0.05, 0) is 25.3 Å². The molecule has 0 unspecified atom stereocenters. The van der Waals surface area contributed by atoms with E-state index < -0.39 is 0 Å². The van der Waals surface area contributed by atoms with Gasteiger partial charge in [0.1, 0.15) is 0 Å². The molecule has 1 rings (SSSR count). The number of hydrogen-bond donors (Lipinski definition) is 1. The summed E-state index contributed by atoms with van der Waals surface area (Å²) in [6.45, 7) is 7.88. The molecular formula is C11H22N2O2. The van der Waals surface area contributed by atoms with Gasteiger partial charge in [0.2, 0.25) is 6.41 Å². The summed E-state index contributed by atoms with van der Waals surface area (Å²) in [5.41, 5.74) is 0. The lowest BCUT2D eigenvalue weighted by Gasteiger charge is -2.28. The van der Waals surface area contributed by atoms with E-state index in [0.29, 0.717) is 0 Å². The second kappa shape index (κ2) is 7.65. The number of carbonyl (C=O) groups excluding carboxylic acids is 1. The fraction of sp³-hybridized carbons (Fsp3) is 0.909. The summed E-state index contributed by atoms with van der Waals surface area (Å²) in [4.78, 5) is 12.5. The van der Waals surface area contributed by atoms with Crippen LogP contribution in [0, 0.1) is 5.92 Å². The molecule has 88 valence electrons. The summed E-state index contributed by atoms with van der Waals surface area (Å²) in [6, 6.07) is 0. The molecule has 0 aromatic carbocycles. The highest BCUT2D eigenvalue weighted by atomic mass is 16.5.